The van der Waals surface area contributed by atoms with Gasteiger partial charge < -0.3 is 9.47 Å². The molecule has 0 N–H and O–H groups in total. The van der Waals surface area contributed by atoms with Gasteiger partial charge in [0.25, 0.3) is 0 Å². The van der Waals surface area contributed by atoms with Crippen molar-refractivity contribution in [1.82, 2.24) is 4.90 Å². The molecule has 2 bridgehead atoms. The lowest BCUT2D eigenvalue weighted by molar-refractivity contribution is -0.164. The normalized spacial score (nSPS) is 30.5. The first-order chi connectivity index (χ1) is 17.1. The molecular formula is C32H45NO3. The highest BCUT2D eigenvalue weighted by Gasteiger charge is 2.54. The van der Waals surface area contributed by atoms with Crippen LogP contribution < -0.4 is 4.74 Å². The molecule has 0 saturated heterocycles. The van der Waals surface area contributed by atoms with Gasteiger partial charge in [0.1, 0.15) is 5.75 Å². The maximum Gasteiger partial charge on any atom is 0.311 e. The first-order valence-corrected chi connectivity index (χ1v) is 14.1. The molecule has 0 unspecified atom stereocenters. The minimum atomic E-state index is -0.216. The summed E-state index contributed by atoms with van der Waals surface area (Å²) in [5, 5.41) is 2.53. The van der Waals surface area contributed by atoms with Crippen molar-refractivity contribution in [2.45, 2.75) is 103 Å². The number of hydrogen-bond donors (Lipinski definition) is 0. The second kappa shape index (κ2) is 9.67. The van der Waals surface area contributed by atoms with Gasteiger partial charge in [0, 0.05) is 12.1 Å². The average molecular weight is 492 g/mol. The number of carbonyl (C=O) groups is 1. The summed E-state index contributed by atoms with van der Waals surface area (Å²) in [7, 11) is 3.80. The molecule has 0 radical (unpaired) electrons. The van der Waals surface area contributed by atoms with Crippen molar-refractivity contribution in [2.24, 2.45) is 16.7 Å². The van der Waals surface area contributed by atoms with Crippen LogP contribution in [0.25, 0.3) is 10.8 Å². The summed E-state index contributed by atoms with van der Waals surface area (Å²) < 4.78 is 11.6. The average Bonchev–Trinajstić information content (AvgIpc) is 2.89. The zero-order valence-electron chi connectivity index (χ0n) is 23.1. The highest BCUT2D eigenvalue weighted by molar-refractivity contribution is 5.84. The Balaban J connectivity index is 1.20. The van der Waals surface area contributed by atoms with E-state index in [1.54, 1.807) is 0 Å². The van der Waals surface area contributed by atoms with E-state index in [0.717, 1.165) is 69.6 Å². The summed E-state index contributed by atoms with van der Waals surface area (Å²) in [4.78, 5) is 14.9. The van der Waals surface area contributed by atoms with Crippen molar-refractivity contribution in [3.8, 4) is 5.75 Å². The van der Waals surface area contributed by atoms with Gasteiger partial charge in [-0.3, -0.25) is 9.69 Å². The minimum absolute atomic E-state index is 0.00826. The van der Waals surface area contributed by atoms with Gasteiger partial charge in [-0.2, -0.15) is 0 Å². The highest BCUT2D eigenvalue weighted by Crippen LogP contribution is 2.55. The Hall–Kier alpha value is -2.07. The van der Waals surface area contributed by atoms with Gasteiger partial charge in [0.05, 0.1) is 18.6 Å². The van der Waals surface area contributed by atoms with Gasteiger partial charge in [-0.25, -0.2) is 0 Å². The topological polar surface area (TPSA) is 38.8 Å². The molecular weight excluding hydrogens is 446 g/mol. The number of rotatable bonds is 6. The van der Waals surface area contributed by atoms with Crippen LogP contribution in [0, 0.1) is 16.7 Å². The molecule has 0 aliphatic heterocycles. The number of esters is 1. The number of benzene rings is 2. The van der Waals surface area contributed by atoms with Crippen molar-refractivity contribution in [1.29, 1.82) is 0 Å². The molecule has 0 atom stereocenters. The zero-order valence-corrected chi connectivity index (χ0v) is 23.1. The summed E-state index contributed by atoms with van der Waals surface area (Å²) >= 11 is 0. The first kappa shape index (κ1) is 25.6. The molecule has 0 spiro atoms. The van der Waals surface area contributed by atoms with E-state index in [-0.39, 0.29) is 16.9 Å². The monoisotopic (exact) mass is 491 g/mol. The van der Waals surface area contributed by atoms with Gasteiger partial charge >= 0.3 is 5.97 Å². The maximum absolute atomic E-state index is 12.4. The van der Waals surface area contributed by atoms with E-state index in [9.17, 15) is 4.79 Å². The van der Waals surface area contributed by atoms with Gasteiger partial charge in [-0.1, -0.05) is 39.0 Å². The lowest BCUT2D eigenvalue weighted by atomic mass is 9.56. The van der Waals surface area contributed by atoms with E-state index < -0.39 is 0 Å². The van der Waals surface area contributed by atoms with E-state index in [2.05, 4.69) is 69.1 Å². The van der Waals surface area contributed by atoms with E-state index in [1.165, 1.54) is 36.3 Å². The summed E-state index contributed by atoms with van der Waals surface area (Å²) in [6.45, 7) is 8.05. The fraction of sp³-hybridized carbons (Fsp3) is 0.656. The number of methoxy groups -OCH3 is 1. The van der Waals surface area contributed by atoms with E-state index >= 15 is 0 Å². The zero-order chi connectivity index (χ0) is 25.6. The quantitative estimate of drug-likeness (QED) is 0.392. The third-order valence-electron chi connectivity index (χ3n) is 10.1. The lowest BCUT2D eigenvalue weighted by Gasteiger charge is -2.55. The van der Waals surface area contributed by atoms with Crippen LogP contribution in [-0.4, -0.2) is 36.7 Å². The Kier molecular flexibility index (Phi) is 6.87. The van der Waals surface area contributed by atoms with Gasteiger partial charge in [0.15, 0.2) is 0 Å². The third-order valence-corrected chi connectivity index (χ3v) is 10.1. The number of nitrogens with zero attached hydrogens (tertiary/aromatic N) is 1. The SMILES string of the molecule is COC(=O)C12CCC(N(C)Cc3ccc4cc(OC5CCC(C(C)(C)C)CC5)ccc4c3)(CC1)CC2. The molecule has 36 heavy (non-hydrogen) atoms. The molecule has 4 aliphatic rings. The van der Waals surface area contributed by atoms with Crippen LogP contribution in [0.4, 0.5) is 0 Å². The smallest absolute Gasteiger partial charge is 0.311 e. The molecule has 4 fully saturated rings. The highest BCUT2D eigenvalue weighted by atomic mass is 16.5. The number of fused-ring (bicyclic) bond motifs is 4. The van der Waals surface area contributed by atoms with Crippen LogP contribution in [0.5, 0.6) is 5.75 Å². The molecule has 4 heteroatoms. The molecule has 4 nitrogen and oxygen atoms in total. The van der Waals surface area contributed by atoms with Gasteiger partial charge in [0.2, 0.25) is 0 Å². The Morgan fingerprint density at radius 3 is 2.14 bits per heavy atom. The van der Waals surface area contributed by atoms with Crippen LogP contribution in [0.2, 0.25) is 0 Å². The Morgan fingerprint density at radius 2 is 1.53 bits per heavy atom. The predicted molar refractivity (Wildman–Crippen MR) is 146 cm³/mol. The minimum Gasteiger partial charge on any atom is -0.490 e. The van der Waals surface area contributed by atoms with Crippen LogP contribution in [0.15, 0.2) is 36.4 Å². The summed E-state index contributed by atoms with van der Waals surface area (Å²) in [6, 6.07) is 13.5. The third kappa shape index (κ3) is 4.90. The molecule has 196 valence electrons. The van der Waals surface area contributed by atoms with E-state index in [4.69, 9.17) is 9.47 Å². The van der Waals surface area contributed by atoms with Crippen molar-refractivity contribution in [3.05, 3.63) is 42.0 Å². The van der Waals surface area contributed by atoms with E-state index in [0.29, 0.717) is 11.5 Å². The van der Waals surface area contributed by atoms with Crippen molar-refractivity contribution in [2.75, 3.05) is 14.2 Å². The summed E-state index contributed by atoms with van der Waals surface area (Å²) in [5.74, 6) is 1.82. The van der Waals surface area contributed by atoms with Crippen molar-refractivity contribution < 1.29 is 14.3 Å². The second-order valence-electron chi connectivity index (χ2n) is 13.2. The Morgan fingerprint density at radius 1 is 0.917 bits per heavy atom. The molecule has 2 aromatic carbocycles. The molecule has 0 heterocycles. The fourth-order valence-electron chi connectivity index (χ4n) is 7.39. The Bertz CT molecular complexity index is 1070. The number of carbonyl (C=O) groups excluding carboxylic acids is 1. The molecule has 4 saturated carbocycles. The van der Waals surface area contributed by atoms with Crippen LogP contribution in [-0.2, 0) is 16.1 Å². The molecule has 0 amide bonds. The fourth-order valence-corrected chi connectivity index (χ4v) is 7.39. The summed E-state index contributed by atoms with van der Waals surface area (Å²) in [5.41, 5.74) is 1.75. The largest absolute Gasteiger partial charge is 0.490 e. The standard InChI is InChI=1S/C32H45NO3/c1-30(2,3)26-9-12-27(13-10-26)36-28-11-8-24-20-23(6-7-25(24)21-28)22-33(4)32-17-14-31(15-18-32,16-19-32)29(34)35-5/h6-8,11,20-21,26-27H,9-10,12-19,22H2,1-5H3. The number of hydrogen-bond acceptors (Lipinski definition) is 4. The van der Waals surface area contributed by atoms with Crippen LogP contribution in [0.1, 0.15) is 90.5 Å². The van der Waals surface area contributed by atoms with Crippen molar-refractivity contribution in [3.63, 3.8) is 0 Å². The van der Waals surface area contributed by atoms with Gasteiger partial charge in [-0.15, -0.1) is 0 Å². The molecule has 2 aromatic rings. The maximum atomic E-state index is 12.4. The van der Waals surface area contributed by atoms with Crippen LogP contribution >= 0.6 is 0 Å². The Labute approximate surface area is 217 Å². The first-order valence-electron chi connectivity index (χ1n) is 14.1. The predicted octanol–water partition coefficient (Wildman–Crippen LogP) is 7.52. The number of ether oxygens (including phenoxy) is 2. The summed E-state index contributed by atoms with van der Waals surface area (Å²) in [6.07, 6.45) is 11.3. The second-order valence-corrected chi connectivity index (χ2v) is 13.2. The van der Waals surface area contributed by atoms with Gasteiger partial charge in [-0.05, 0) is 117 Å². The lowest BCUT2D eigenvalue weighted by Crippen LogP contribution is -2.57. The van der Waals surface area contributed by atoms with E-state index in [1.807, 2.05) is 0 Å². The molecule has 6 rings (SSSR count). The van der Waals surface area contributed by atoms with Crippen LogP contribution in [0.3, 0.4) is 0 Å². The van der Waals surface area contributed by atoms with Crippen molar-refractivity contribution >= 4 is 16.7 Å². The molecule has 0 aromatic heterocycles. The molecule has 4 aliphatic carbocycles.